The molecule has 2 N–H and O–H groups in total. The van der Waals surface area contributed by atoms with E-state index in [0.717, 1.165) is 52.1 Å². The van der Waals surface area contributed by atoms with Crippen molar-refractivity contribution in [2.75, 3.05) is 39.3 Å². The average Bonchev–Trinajstić information content (AvgIpc) is 3.01. The molecule has 2 aliphatic heterocycles. The Morgan fingerprint density at radius 2 is 2.00 bits per heavy atom. The highest BCUT2D eigenvalue weighted by Gasteiger charge is 2.44. The molecular weight excluding hydrogens is 242 g/mol. The van der Waals surface area contributed by atoms with Crippen LogP contribution in [0.4, 0.5) is 0 Å². The monoisotopic (exact) mass is 267 g/mol. The molecule has 3 aliphatic rings. The quantitative estimate of drug-likeness (QED) is 0.709. The van der Waals surface area contributed by atoms with E-state index in [0.29, 0.717) is 11.8 Å². The van der Waals surface area contributed by atoms with Crippen molar-refractivity contribution in [3.05, 3.63) is 0 Å². The number of carbonyl (C=O) groups excluding carboxylic acids is 1. The lowest BCUT2D eigenvalue weighted by molar-refractivity contribution is -0.136. The van der Waals surface area contributed by atoms with Crippen molar-refractivity contribution in [2.24, 2.45) is 11.8 Å². The highest BCUT2D eigenvalue weighted by molar-refractivity contribution is 5.81. The van der Waals surface area contributed by atoms with Gasteiger partial charge in [-0.3, -0.25) is 9.69 Å². The van der Waals surface area contributed by atoms with Crippen molar-refractivity contribution >= 4 is 5.91 Å². The lowest BCUT2D eigenvalue weighted by atomic mass is 10.00. The van der Waals surface area contributed by atoms with Crippen molar-refractivity contribution in [1.82, 2.24) is 15.1 Å². The molecule has 1 amide bonds. The van der Waals surface area contributed by atoms with E-state index in [2.05, 4.69) is 10.2 Å². The molecule has 1 saturated carbocycles. The molecule has 0 aromatic carbocycles. The molecule has 5 heteroatoms. The first-order valence-corrected chi connectivity index (χ1v) is 7.58. The lowest BCUT2D eigenvalue weighted by Gasteiger charge is -2.34. The van der Waals surface area contributed by atoms with Gasteiger partial charge in [-0.15, -0.1) is 0 Å². The van der Waals surface area contributed by atoms with Crippen LogP contribution in [0.5, 0.6) is 0 Å². The minimum atomic E-state index is -0.183. The summed E-state index contributed by atoms with van der Waals surface area (Å²) in [7, 11) is 0. The van der Waals surface area contributed by atoms with Gasteiger partial charge in [-0.25, -0.2) is 0 Å². The number of hydrogen-bond donors (Lipinski definition) is 2. The van der Waals surface area contributed by atoms with Crippen molar-refractivity contribution in [3.8, 4) is 0 Å². The van der Waals surface area contributed by atoms with Crippen LogP contribution < -0.4 is 5.32 Å². The molecule has 3 fully saturated rings. The lowest BCUT2D eigenvalue weighted by Crippen LogP contribution is -2.53. The number of rotatable bonds is 2. The second-order valence-corrected chi connectivity index (χ2v) is 6.27. The molecule has 0 aromatic rings. The minimum Gasteiger partial charge on any atom is -0.393 e. The van der Waals surface area contributed by atoms with Crippen molar-refractivity contribution < 1.29 is 9.90 Å². The standard InChI is InChI=1S/C14H25N3O2/c1-10(16-6-4-15-5-7-16)14(19)17-8-11-2-3-13(18)12(11)9-17/h10-13,15,18H,2-9H2,1H3. The van der Waals surface area contributed by atoms with Gasteiger partial charge in [0.1, 0.15) is 0 Å². The molecule has 1 aliphatic carbocycles. The summed E-state index contributed by atoms with van der Waals surface area (Å²) in [5.41, 5.74) is 0. The molecule has 2 saturated heterocycles. The molecule has 0 bridgehead atoms. The van der Waals surface area contributed by atoms with E-state index in [9.17, 15) is 9.90 Å². The Hall–Kier alpha value is -0.650. The second kappa shape index (κ2) is 5.38. The summed E-state index contributed by atoms with van der Waals surface area (Å²) >= 11 is 0. The van der Waals surface area contributed by atoms with Gasteiger partial charge >= 0.3 is 0 Å². The van der Waals surface area contributed by atoms with Gasteiger partial charge in [-0.05, 0) is 25.7 Å². The topological polar surface area (TPSA) is 55.8 Å². The van der Waals surface area contributed by atoms with Gasteiger partial charge in [0.25, 0.3) is 0 Å². The normalized spacial score (nSPS) is 37.4. The van der Waals surface area contributed by atoms with Crippen LogP contribution in [0.3, 0.4) is 0 Å². The zero-order valence-electron chi connectivity index (χ0n) is 11.7. The van der Waals surface area contributed by atoms with Crippen LogP contribution >= 0.6 is 0 Å². The number of aliphatic hydroxyl groups excluding tert-OH is 1. The first-order valence-electron chi connectivity index (χ1n) is 7.58. The summed E-state index contributed by atoms with van der Waals surface area (Å²) in [6, 6.07) is -0.0157. The van der Waals surface area contributed by atoms with Gasteiger partial charge in [0.05, 0.1) is 12.1 Å². The van der Waals surface area contributed by atoms with Crippen LogP contribution in [0.2, 0.25) is 0 Å². The zero-order chi connectivity index (χ0) is 13.4. The number of carbonyl (C=O) groups is 1. The largest absolute Gasteiger partial charge is 0.393 e. The molecule has 0 spiro atoms. The second-order valence-electron chi connectivity index (χ2n) is 6.27. The molecule has 2 heterocycles. The summed E-state index contributed by atoms with van der Waals surface area (Å²) < 4.78 is 0. The van der Waals surface area contributed by atoms with Crippen molar-refractivity contribution in [3.63, 3.8) is 0 Å². The molecule has 0 radical (unpaired) electrons. The summed E-state index contributed by atoms with van der Waals surface area (Å²) in [4.78, 5) is 16.8. The number of piperazine rings is 1. The Bertz CT molecular complexity index is 344. The fourth-order valence-corrected chi connectivity index (χ4v) is 3.91. The summed E-state index contributed by atoms with van der Waals surface area (Å²) in [5, 5.41) is 13.2. The van der Waals surface area contributed by atoms with Gasteiger partial charge in [0.15, 0.2) is 0 Å². The maximum Gasteiger partial charge on any atom is 0.239 e. The summed E-state index contributed by atoms with van der Waals surface area (Å²) in [6.07, 6.45) is 1.82. The summed E-state index contributed by atoms with van der Waals surface area (Å²) in [5.74, 6) is 1.12. The number of aliphatic hydroxyl groups is 1. The van der Waals surface area contributed by atoms with E-state index in [4.69, 9.17) is 0 Å². The average molecular weight is 267 g/mol. The number of amides is 1. The smallest absolute Gasteiger partial charge is 0.239 e. The van der Waals surface area contributed by atoms with E-state index < -0.39 is 0 Å². The molecule has 19 heavy (non-hydrogen) atoms. The third kappa shape index (κ3) is 2.51. The first-order chi connectivity index (χ1) is 9.16. The van der Waals surface area contributed by atoms with E-state index in [1.165, 1.54) is 0 Å². The highest BCUT2D eigenvalue weighted by atomic mass is 16.3. The van der Waals surface area contributed by atoms with E-state index >= 15 is 0 Å². The van der Waals surface area contributed by atoms with Gasteiger partial charge < -0.3 is 15.3 Å². The zero-order valence-corrected chi connectivity index (χ0v) is 11.7. The number of nitrogens with one attached hydrogen (secondary N) is 1. The van der Waals surface area contributed by atoms with E-state index in [-0.39, 0.29) is 18.1 Å². The molecule has 4 atom stereocenters. The molecule has 0 aromatic heterocycles. The Labute approximate surface area is 114 Å². The van der Waals surface area contributed by atoms with Crippen molar-refractivity contribution in [2.45, 2.75) is 31.9 Å². The van der Waals surface area contributed by atoms with Crippen LogP contribution in [-0.4, -0.2) is 72.2 Å². The Morgan fingerprint density at radius 1 is 1.26 bits per heavy atom. The van der Waals surface area contributed by atoms with Gasteiger partial charge in [0.2, 0.25) is 5.91 Å². The number of hydrogen-bond acceptors (Lipinski definition) is 4. The van der Waals surface area contributed by atoms with E-state index in [1.807, 2.05) is 11.8 Å². The number of likely N-dealkylation sites (tertiary alicyclic amines) is 1. The molecule has 3 rings (SSSR count). The predicted octanol–water partition coefficient (Wildman–Crippen LogP) is -0.491. The Morgan fingerprint density at radius 3 is 2.68 bits per heavy atom. The van der Waals surface area contributed by atoms with Crippen LogP contribution in [0, 0.1) is 11.8 Å². The fraction of sp³-hybridized carbons (Fsp3) is 0.929. The first kappa shape index (κ1) is 13.3. The third-order valence-corrected chi connectivity index (χ3v) is 5.19. The molecule has 4 unspecified atom stereocenters. The maximum absolute atomic E-state index is 12.6. The maximum atomic E-state index is 12.6. The molecule has 5 nitrogen and oxygen atoms in total. The molecule has 108 valence electrons. The number of fused-ring (bicyclic) bond motifs is 1. The summed E-state index contributed by atoms with van der Waals surface area (Å²) in [6.45, 7) is 7.51. The van der Waals surface area contributed by atoms with Crippen LogP contribution in [0.25, 0.3) is 0 Å². The number of nitrogens with zero attached hydrogens (tertiary/aromatic N) is 2. The third-order valence-electron chi connectivity index (χ3n) is 5.19. The van der Waals surface area contributed by atoms with Crippen molar-refractivity contribution in [1.29, 1.82) is 0 Å². The van der Waals surface area contributed by atoms with Crippen LogP contribution in [-0.2, 0) is 4.79 Å². The predicted molar refractivity (Wildman–Crippen MR) is 72.7 cm³/mol. The fourth-order valence-electron chi connectivity index (χ4n) is 3.91. The van der Waals surface area contributed by atoms with Gasteiger partial charge in [-0.2, -0.15) is 0 Å². The minimum absolute atomic E-state index is 0.0157. The van der Waals surface area contributed by atoms with E-state index in [1.54, 1.807) is 0 Å². The molecular formula is C14H25N3O2. The Kier molecular flexibility index (Phi) is 3.78. The van der Waals surface area contributed by atoms with Crippen LogP contribution in [0.15, 0.2) is 0 Å². The van der Waals surface area contributed by atoms with Gasteiger partial charge in [0, 0.05) is 45.2 Å². The highest BCUT2D eigenvalue weighted by Crippen LogP contribution is 2.38. The Balaban J connectivity index is 1.58. The SMILES string of the molecule is CC(C(=O)N1CC2CCC(O)C2C1)N1CCNCC1. The van der Waals surface area contributed by atoms with Crippen LogP contribution in [0.1, 0.15) is 19.8 Å². The van der Waals surface area contributed by atoms with Gasteiger partial charge in [-0.1, -0.05) is 0 Å².